The molecular formula is C16H13F3N3S+. The molecule has 0 aliphatic carbocycles. The summed E-state index contributed by atoms with van der Waals surface area (Å²) in [6.07, 6.45) is -0.509. The summed E-state index contributed by atoms with van der Waals surface area (Å²) in [5.41, 5.74) is 1.40. The van der Waals surface area contributed by atoms with Gasteiger partial charge in [-0.2, -0.15) is 13.2 Å². The van der Waals surface area contributed by atoms with Gasteiger partial charge >= 0.3 is 6.18 Å². The lowest BCUT2D eigenvalue weighted by Crippen LogP contribution is -2.26. The Morgan fingerprint density at radius 2 is 2.00 bits per heavy atom. The largest absolute Gasteiger partial charge is 0.416 e. The number of aromatic nitrogens is 2. The maximum atomic E-state index is 12.7. The third kappa shape index (κ3) is 3.68. The predicted octanol–water partition coefficient (Wildman–Crippen LogP) is 4.40. The summed E-state index contributed by atoms with van der Waals surface area (Å²) in [4.78, 5) is 4.42. The lowest BCUT2D eigenvalue weighted by Gasteiger charge is -2.08. The van der Waals surface area contributed by atoms with Gasteiger partial charge in [0.1, 0.15) is 7.05 Å². The molecule has 0 unspecified atom stereocenters. The molecule has 0 saturated carbocycles. The zero-order valence-corrected chi connectivity index (χ0v) is 12.9. The van der Waals surface area contributed by atoms with Crippen LogP contribution in [0.5, 0.6) is 0 Å². The average molecular weight is 336 g/mol. The number of alkyl halides is 3. The Bertz CT molecular complexity index is 827. The van der Waals surface area contributed by atoms with Crippen LogP contribution in [-0.2, 0) is 13.2 Å². The van der Waals surface area contributed by atoms with Crippen LogP contribution in [0.3, 0.4) is 0 Å². The van der Waals surface area contributed by atoms with E-state index in [-0.39, 0.29) is 0 Å². The Labute approximate surface area is 135 Å². The highest BCUT2D eigenvalue weighted by atomic mass is 32.1. The van der Waals surface area contributed by atoms with Crippen LogP contribution in [0.15, 0.2) is 54.2 Å². The van der Waals surface area contributed by atoms with E-state index in [9.17, 15) is 13.2 Å². The van der Waals surface area contributed by atoms with E-state index in [4.69, 9.17) is 0 Å². The number of nitrogens with one attached hydrogen (secondary N) is 1. The summed E-state index contributed by atoms with van der Waals surface area (Å²) in [6, 6.07) is 8.92. The Morgan fingerprint density at radius 3 is 2.74 bits per heavy atom. The normalized spacial score (nSPS) is 11.5. The summed E-state index contributed by atoms with van der Waals surface area (Å²) in [7, 11) is 1.91. The maximum Gasteiger partial charge on any atom is 0.416 e. The average Bonchev–Trinajstić information content (AvgIpc) is 2.95. The first kappa shape index (κ1) is 15.5. The van der Waals surface area contributed by atoms with Crippen molar-refractivity contribution in [3.8, 4) is 11.3 Å². The number of halogens is 3. The monoisotopic (exact) mass is 336 g/mol. The SMILES string of the molecule is C[n+]1cccc(-c2csc(Nc3cccc(C(F)(F)F)c3)n2)c1. The number of thiazole rings is 1. The van der Waals surface area contributed by atoms with Crippen molar-refractivity contribution in [2.24, 2.45) is 7.05 Å². The van der Waals surface area contributed by atoms with Gasteiger partial charge in [0.15, 0.2) is 17.5 Å². The fraction of sp³-hybridized carbons (Fsp3) is 0.125. The Balaban J connectivity index is 1.82. The van der Waals surface area contributed by atoms with Crippen molar-refractivity contribution >= 4 is 22.2 Å². The molecule has 3 aromatic rings. The van der Waals surface area contributed by atoms with Crippen LogP contribution in [0.25, 0.3) is 11.3 Å². The van der Waals surface area contributed by atoms with E-state index in [1.54, 1.807) is 6.07 Å². The number of nitrogens with zero attached hydrogens (tertiary/aromatic N) is 2. The number of benzene rings is 1. The predicted molar refractivity (Wildman–Crippen MR) is 83.5 cm³/mol. The quantitative estimate of drug-likeness (QED) is 0.718. The molecule has 1 N–H and O–H groups in total. The van der Waals surface area contributed by atoms with Gasteiger partial charge in [-0.25, -0.2) is 9.55 Å². The fourth-order valence-electron chi connectivity index (χ4n) is 2.10. The van der Waals surface area contributed by atoms with Gasteiger partial charge in [0.05, 0.1) is 16.8 Å². The van der Waals surface area contributed by atoms with Crippen LogP contribution in [0.4, 0.5) is 24.0 Å². The van der Waals surface area contributed by atoms with Gasteiger partial charge in [-0.05, 0) is 24.3 Å². The van der Waals surface area contributed by atoms with Crippen molar-refractivity contribution in [1.29, 1.82) is 0 Å². The van der Waals surface area contributed by atoms with E-state index in [1.165, 1.54) is 17.4 Å². The molecule has 0 aliphatic rings. The highest BCUT2D eigenvalue weighted by Gasteiger charge is 2.30. The zero-order chi connectivity index (χ0) is 16.4. The number of pyridine rings is 1. The summed E-state index contributed by atoms with van der Waals surface area (Å²) in [6.45, 7) is 0. The molecule has 7 heteroatoms. The molecule has 0 fully saturated rings. The van der Waals surface area contributed by atoms with E-state index in [2.05, 4.69) is 10.3 Å². The second kappa shape index (κ2) is 6.00. The summed E-state index contributed by atoms with van der Waals surface area (Å²) < 4.78 is 40.1. The molecule has 23 heavy (non-hydrogen) atoms. The van der Waals surface area contributed by atoms with Crippen molar-refractivity contribution in [3.63, 3.8) is 0 Å². The van der Waals surface area contributed by atoms with E-state index in [1.807, 2.05) is 41.5 Å². The van der Waals surface area contributed by atoms with E-state index in [0.717, 1.165) is 23.4 Å². The molecule has 0 amide bonds. The van der Waals surface area contributed by atoms with Crippen LogP contribution >= 0.6 is 11.3 Å². The first-order chi connectivity index (χ1) is 10.9. The molecule has 0 aliphatic heterocycles. The lowest BCUT2D eigenvalue weighted by molar-refractivity contribution is -0.671. The smallest absolute Gasteiger partial charge is 0.332 e. The molecule has 3 rings (SSSR count). The Hall–Kier alpha value is -2.41. The van der Waals surface area contributed by atoms with E-state index < -0.39 is 11.7 Å². The van der Waals surface area contributed by atoms with Gasteiger partial charge < -0.3 is 5.32 Å². The summed E-state index contributed by atoms with van der Waals surface area (Å²) in [5.74, 6) is 0. The molecule has 0 radical (unpaired) electrons. The number of hydrogen-bond donors (Lipinski definition) is 1. The first-order valence-corrected chi connectivity index (χ1v) is 7.65. The maximum absolute atomic E-state index is 12.7. The highest BCUT2D eigenvalue weighted by Crippen LogP contribution is 2.32. The van der Waals surface area contributed by atoms with Crippen LogP contribution in [-0.4, -0.2) is 4.98 Å². The third-order valence-corrected chi connectivity index (χ3v) is 3.94. The van der Waals surface area contributed by atoms with Crippen LogP contribution in [0.2, 0.25) is 0 Å². The van der Waals surface area contributed by atoms with Gasteiger partial charge in [0.2, 0.25) is 0 Å². The molecule has 0 spiro atoms. The van der Waals surface area contributed by atoms with Gasteiger partial charge in [-0.15, -0.1) is 11.3 Å². The minimum Gasteiger partial charge on any atom is -0.332 e. The summed E-state index contributed by atoms with van der Waals surface area (Å²) in [5, 5.41) is 5.34. The van der Waals surface area contributed by atoms with Gasteiger partial charge in [-0.3, -0.25) is 0 Å². The highest BCUT2D eigenvalue weighted by molar-refractivity contribution is 7.14. The van der Waals surface area contributed by atoms with E-state index in [0.29, 0.717) is 10.8 Å². The van der Waals surface area contributed by atoms with Crippen molar-refractivity contribution in [1.82, 2.24) is 4.98 Å². The molecule has 2 aromatic heterocycles. The van der Waals surface area contributed by atoms with E-state index >= 15 is 0 Å². The van der Waals surface area contributed by atoms with Gasteiger partial charge in [0, 0.05) is 17.1 Å². The number of anilines is 2. The number of aryl methyl sites for hydroxylation is 1. The van der Waals surface area contributed by atoms with Crippen LogP contribution in [0.1, 0.15) is 5.56 Å². The molecule has 0 bridgehead atoms. The Morgan fingerprint density at radius 1 is 1.17 bits per heavy atom. The number of rotatable bonds is 3. The standard InChI is InChI=1S/C16H13F3N3S/c1-22-7-3-4-11(9-22)14-10-23-15(21-14)20-13-6-2-5-12(8-13)16(17,18)19/h2-10H,1H3,(H,20,21)/q+1. The molecular weight excluding hydrogens is 323 g/mol. The van der Waals surface area contributed by atoms with Crippen LogP contribution in [0, 0.1) is 0 Å². The topological polar surface area (TPSA) is 28.8 Å². The second-order valence-electron chi connectivity index (χ2n) is 5.00. The molecule has 1 aromatic carbocycles. The zero-order valence-electron chi connectivity index (χ0n) is 12.1. The molecule has 0 saturated heterocycles. The Kier molecular flexibility index (Phi) is 4.04. The molecule has 118 valence electrons. The van der Waals surface area contributed by atoms with Crippen molar-refractivity contribution in [2.75, 3.05) is 5.32 Å². The first-order valence-electron chi connectivity index (χ1n) is 6.77. The van der Waals surface area contributed by atoms with Crippen molar-refractivity contribution in [2.45, 2.75) is 6.18 Å². The lowest BCUT2D eigenvalue weighted by atomic mass is 10.2. The minimum atomic E-state index is -4.36. The van der Waals surface area contributed by atoms with Crippen LogP contribution < -0.4 is 9.88 Å². The molecule has 0 atom stereocenters. The number of hydrogen-bond acceptors (Lipinski definition) is 3. The molecule has 2 heterocycles. The third-order valence-electron chi connectivity index (χ3n) is 3.18. The second-order valence-corrected chi connectivity index (χ2v) is 5.86. The fourth-order valence-corrected chi connectivity index (χ4v) is 2.84. The van der Waals surface area contributed by atoms with Gasteiger partial charge in [-0.1, -0.05) is 6.07 Å². The van der Waals surface area contributed by atoms with Gasteiger partial charge in [0.25, 0.3) is 0 Å². The minimum absolute atomic E-state index is 0.361. The van der Waals surface area contributed by atoms with Crippen molar-refractivity contribution in [3.05, 3.63) is 59.7 Å². The summed E-state index contributed by atoms with van der Waals surface area (Å²) >= 11 is 1.35. The molecule has 3 nitrogen and oxygen atoms in total. The van der Waals surface area contributed by atoms with Crippen molar-refractivity contribution < 1.29 is 17.7 Å².